The normalized spacial score (nSPS) is 13.0. The second-order valence-electron chi connectivity index (χ2n) is 26.3. The van der Waals surface area contributed by atoms with Gasteiger partial charge < -0.3 is 15.0 Å². The number of fused-ring (bicyclic) bond motifs is 3. The zero-order chi connectivity index (χ0) is 51.8. The fraction of sp³-hybridized carbons (Fsp3) is 0.379. The molecule has 8 rings (SSSR count). The van der Waals surface area contributed by atoms with Crippen LogP contribution in [-0.4, -0.2) is 16.6 Å². The Labute approximate surface area is 426 Å². The molecule has 0 aliphatic carbocycles. The van der Waals surface area contributed by atoms with E-state index in [1.54, 1.807) is 0 Å². The Morgan fingerprint density at radius 3 is 1.58 bits per heavy atom. The molecule has 0 aliphatic rings. The first-order chi connectivity index (χ1) is 32.8. The predicted octanol–water partition coefficient (Wildman–Crippen LogP) is 18.9. The highest BCUT2D eigenvalue weighted by atomic mass is 16.5. The van der Waals surface area contributed by atoms with Crippen LogP contribution in [0.5, 0.6) is 11.5 Å². The lowest BCUT2D eigenvalue weighted by atomic mass is 9.78. The summed E-state index contributed by atoms with van der Waals surface area (Å²) in [6.45, 7) is 41.2. The van der Waals surface area contributed by atoms with Crippen LogP contribution in [0.3, 0.4) is 0 Å². The van der Waals surface area contributed by atoms with E-state index >= 15 is 0 Å². The van der Waals surface area contributed by atoms with E-state index in [2.05, 4.69) is 274 Å². The molecule has 5 heteroatoms. The van der Waals surface area contributed by atoms with Crippen LogP contribution in [0.15, 0.2) is 134 Å². The molecule has 0 saturated carbocycles. The Kier molecular flexibility index (Phi) is 13.0. The van der Waals surface area contributed by atoms with Crippen molar-refractivity contribution in [1.29, 1.82) is 0 Å². The summed E-state index contributed by atoms with van der Waals surface area (Å²) < 4.78 is 9.28. The van der Waals surface area contributed by atoms with Gasteiger partial charge in [-0.3, -0.25) is 4.57 Å². The van der Waals surface area contributed by atoms with Gasteiger partial charge in [0.25, 0.3) is 0 Å². The summed E-state index contributed by atoms with van der Waals surface area (Å²) in [5, 5.41) is 6.33. The minimum Gasteiger partial charge on any atom is -0.457 e. The smallest absolute Gasteiger partial charge is 0.137 e. The molecule has 6 aromatic carbocycles. The number of aromatic nitrogens is 2. The van der Waals surface area contributed by atoms with Crippen molar-refractivity contribution >= 4 is 44.6 Å². The molecule has 0 fully saturated rings. The molecule has 0 atom stereocenters. The molecule has 2 aromatic heterocycles. The van der Waals surface area contributed by atoms with Crippen molar-refractivity contribution in [2.75, 3.05) is 17.3 Å². The molecule has 71 heavy (non-hydrogen) atoms. The second-order valence-corrected chi connectivity index (χ2v) is 26.3. The van der Waals surface area contributed by atoms with E-state index in [9.17, 15) is 0 Å². The first-order valence-electron chi connectivity index (χ1n) is 25.7. The topological polar surface area (TPSA) is 42.3 Å². The van der Waals surface area contributed by atoms with E-state index in [4.69, 9.17) is 9.72 Å². The van der Waals surface area contributed by atoms with E-state index in [0.717, 1.165) is 56.5 Å². The number of pyridine rings is 1. The lowest BCUT2D eigenvalue weighted by Gasteiger charge is -2.30. The maximum Gasteiger partial charge on any atom is 0.137 e. The summed E-state index contributed by atoms with van der Waals surface area (Å²) in [4.78, 5) is 7.25. The van der Waals surface area contributed by atoms with Gasteiger partial charge in [-0.1, -0.05) is 173 Å². The van der Waals surface area contributed by atoms with Gasteiger partial charge in [-0.15, -0.1) is 0 Å². The van der Waals surface area contributed by atoms with Gasteiger partial charge in [-0.05, 0) is 144 Å². The van der Waals surface area contributed by atoms with E-state index in [1.807, 2.05) is 6.20 Å². The number of para-hydroxylation sites is 1. The number of nitrogens with one attached hydrogen (secondary N) is 1. The highest BCUT2D eigenvalue weighted by Gasteiger charge is 2.26. The Morgan fingerprint density at radius 1 is 0.437 bits per heavy atom. The molecule has 2 heterocycles. The molecule has 370 valence electrons. The van der Waals surface area contributed by atoms with Crippen molar-refractivity contribution in [2.45, 2.75) is 157 Å². The molecule has 1 N–H and O–H groups in total. The molecular weight excluding hydrogens is 865 g/mol. The Hall–Kier alpha value is -6.33. The van der Waals surface area contributed by atoms with Crippen LogP contribution in [0, 0.1) is 0 Å². The van der Waals surface area contributed by atoms with Crippen LogP contribution in [-0.2, 0) is 32.5 Å². The molecule has 0 aliphatic heterocycles. The Bertz CT molecular complexity index is 3240. The number of hydrogen-bond acceptors (Lipinski definition) is 4. The lowest BCUT2D eigenvalue weighted by molar-refractivity contribution is 0.479. The number of hydrogen-bond donors (Lipinski definition) is 1. The monoisotopic (exact) mass is 945 g/mol. The van der Waals surface area contributed by atoms with E-state index < -0.39 is 0 Å². The fourth-order valence-electron chi connectivity index (χ4n) is 9.31. The number of benzene rings is 6. The van der Waals surface area contributed by atoms with E-state index in [1.165, 1.54) is 49.9 Å². The third-order valence-corrected chi connectivity index (χ3v) is 14.2. The summed E-state index contributed by atoms with van der Waals surface area (Å²) in [6.07, 6.45) is 1.93. The van der Waals surface area contributed by atoms with E-state index in [-0.39, 0.29) is 32.5 Å². The van der Waals surface area contributed by atoms with Crippen molar-refractivity contribution in [3.8, 4) is 28.4 Å². The standard InChI is InChI=1S/C66H80N4O/c1-61(2,3)44-24-27-56(68-50-33-43(32-48(35-50)65(13,14)15)42-30-46(63(7,8)9)34-47(31-42)64(10,11)12)59(38-44)69(19)51-36-49(66(16,17)18)37-53(40-51)71-52-25-26-55-54-22-20-21-23-57(54)70(58(55)41-52)60-39-45(28-29-67-60)62(4,5)6/h20-41,68H,1-19H3. The summed E-state index contributed by atoms with van der Waals surface area (Å²) in [7, 11) is 2.19. The van der Waals surface area contributed by atoms with Crippen LogP contribution in [0.1, 0.15) is 158 Å². The molecule has 0 bridgehead atoms. The first kappa shape index (κ1) is 51.0. The number of rotatable bonds is 8. The lowest BCUT2D eigenvalue weighted by Crippen LogP contribution is -2.18. The molecule has 0 unspecified atom stereocenters. The van der Waals surface area contributed by atoms with Crippen molar-refractivity contribution in [2.24, 2.45) is 0 Å². The minimum absolute atomic E-state index is 0.00791. The second kappa shape index (κ2) is 18.1. The third kappa shape index (κ3) is 11.0. The SMILES string of the molecule is CN(c1cc(Oc2ccc3c4ccccc4n(-c4cc(C(C)(C)C)ccn4)c3c2)cc(C(C)(C)C)c1)c1cc(C(C)(C)C)ccc1Nc1cc(-c2cc(C(C)(C)C)cc(C(C)(C)C)c2)cc(C(C)(C)C)c1. The highest BCUT2D eigenvalue weighted by Crippen LogP contribution is 2.44. The number of ether oxygens (including phenoxy) is 1. The van der Waals surface area contributed by atoms with Crippen LogP contribution >= 0.6 is 0 Å². The maximum atomic E-state index is 7.00. The third-order valence-electron chi connectivity index (χ3n) is 14.2. The predicted molar refractivity (Wildman–Crippen MR) is 307 cm³/mol. The van der Waals surface area contributed by atoms with Gasteiger partial charge in [-0.2, -0.15) is 0 Å². The summed E-state index contributed by atoms with van der Waals surface area (Å²) in [5.41, 5.74) is 16.2. The van der Waals surface area contributed by atoms with Gasteiger partial charge in [0.1, 0.15) is 17.3 Å². The molecule has 0 radical (unpaired) electrons. The average molecular weight is 945 g/mol. The minimum atomic E-state index is -0.148. The highest BCUT2D eigenvalue weighted by molar-refractivity contribution is 6.09. The zero-order valence-electron chi connectivity index (χ0n) is 46.5. The largest absolute Gasteiger partial charge is 0.457 e. The number of anilines is 4. The van der Waals surface area contributed by atoms with Crippen molar-refractivity contribution in [3.05, 3.63) is 167 Å². The summed E-state index contributed by atoms with van der Waals surface area (Å²) >= 11 is 0. The molecule has 0 spiro atoms. The zero-order valence-corrected chi connectivity index (χ0v) is 46.5. The van der Waals surface area contributed by atoms with Gasteiger partial charge in [-0.25, -0.2) is 4.98 Å². The van der Waals surface area contributed by atoms with Crippen LogP contribution < -0.4 is 15.0 Å². The van der Waals surface area contributed by atoms with Crippen molar-refractivity contribution in [3.63, 3.8) is 0 Å². The summed E-state index contributed by atoms with van der Waals surface area (Å²) in [5.74, 6) is 2.44. The van der Waals surface area contributed by atoms with Gasteiger partial charge in [0.05, 0.1) is 22.4 Å². The van der Waals surface area contributed by atoms with Crippen molar-refractivity contribution in [1.82, 2.24) is 9.55 Å². The first-order valence-corrected chi connectivity index (χ1v) is 25.7. The number of nitrogens with zero attached hydrogens (tertiary/aromatic N) is 3. The maximum absolute atomic E-state index is 7.00. The van der Waals surface area contributed by atoms with Crippen LogP contribution in [0.4, 0.5) is 22.7 Å². The molecule has 0 amide bonds. The Morgan fingerprint density at radius 2 is 0.972 bits per heavy atom. The van der Waals surface area contributed by atoms with Gasteiger partial charge in [0.2, 0.25) is 0 Å². The summed E-state index contributed by atoms with van der Waals surface area (Å²) in [6, 6.07) is 47.3. The van der Waals surface area contributed by atoms with Crippen molar-refractivity contribution < 1.29 is 4.74 Å². The fourth-order valence-corrected chi connectivity index (χ4v) is 9.31. The Balaban J connectivity index is 1.23. The average Bonchev–Trinajstić information content (AvgIpc) is 3.60. The van der Waals surface area contributed by atoms with E-state index in [0.29, 0.717) is 0 Å². The molecular formula is C66H80N4O. The molecule has 5 nitrogen and oxygen atoms in total. The molecule has 8 aromatic rings. The van der Waals surface area contributed by atoms with Gasteiger partial charge >= 0.3 is 0 Å². The van der Waals surface area contributed by atoms with Gasteiger partial charge in [0.15, 0.2) is 0 Å². The quantitative estimate of drug-likeness (QED) is 0.165. The molecule has 0 saturated heterocycles. The van der Waals surface area contributed by atoms with Crippen LogP contribution in [0.2, 0.25) is 0 Å². The van der Waals surface area contributed by atoms with Gasteiger partial charge in [0, 0.05) is 47.5 Å². The van der Waals surface area contributed by atoms with Crippen LogP contribution in [0.25, 0.3) is 38.8 Å².